The van der Waals surface area contributed by atoms with Crippen LogP contribution in [0.25, 0.3) is 0 Å². The van der Waals surface area contributed by atoms with Crippen molar-refractivity contribution in [2.24, 2.45) is 5.92 Å². The Bertz CT molecular complexity index is 613. The summed E-state index contributed by atoms with van der Waals surface area (Å²) in [4.78, 5) is 18.2. The van der Waals surface area contributed by atoms with Crippen molar-refractivity contribution in [2.75, 3.05) is 6.54 Å². The smallest absolute Gasteiger partial charge is 0.225 e. The van der Waals surface area contributed by atoms with Gasteiger partial charge in [0, 0.05) is 31.4 Å². The lowest BCUT2D eigenvalue weighted by Gasteiger charge is -2.24. The van der Waals surface area contributed by atoms with Crippen LogP contribution in [-0.4, -0.2) is 22.3 Å². The highest BCUT2D eigenvalue weighted by Gasteiger charge is 2.17. The summed E-state index contributed by atoms with van der Waals surface area (Å²) in [5.74, 6) is -0.238. The molecule has 2 aromatic rings. The minimum atomic E-state index is -0.221. The highest BCUT2D eigenvalue weighted by molar-refractivity contribution is 5.78. The highest BCUT2D eigenvalue weighted by Crippen LogP contribution is 2.12. The molecule has 1 aromatic carbocycles. The molecule has 0 unspecified atom stereocenters. The Labute approximate surface area is 130 Å². The fraction of sp³-hybridized carbons (Fsp3) is 0.333. The van der Waals surface area contributed by atoms with Gasteiger partial charge < -0.3 is 4.90 Å². The molecule has 0 saturated carbocycles. The first kappa shape index (κ1) is 16.1. The van der Waals surface area contributed by atoms with E-state index in [0.29, 0.717) is 25.1 Å². The summed E-state index contributed by atoms with van der Waals surface area (Å²) >= 11 is 0. The van der Waals surface area contributed by atoms with Gasteiger partial charge in [0.15, 0.2) is 0 Å². The molecule has 0 saturated heterocycles. The molecule has 0 aliphatic rings. The predicted molar refractivity (Wildman–Crippen MR) is 84.6 cm³/mol. The van der Waals surface area contributed by atoms with E-state index >= 15 is 0 Å². The molecule has 3 nitrogen and oxygen atoms in total. The fourth-order valence-electron chi connectivity index (χ4n) is 2.30. The Morgan fingerprint density at radius 2 is 2.00 bits per heavy atom. The number of aromatic nitrogens is 1. The van der Waals surface area contributed by atoms with Gasteiger partial charge in [-0.1, -0.05) is 38.1 Å². The van der Waals surface area contributed by atoms with Gasteiger partial charge in [0.25, 0.3) is 0 Å². The summed E-state index contributed by atoms with van der Waals surface area (Å²) in [7, 11) is 0. The second-order valence-electron chi connectivity index (χ2n) is 5.62. The Kier molecular flexibility index (Phi) is 5.64. The Hall–Kier alpha value is -2.23. The zero-order chi connectivity index (χ0) is 15.9. The number of carbonyl (C=O) groups excluding carboxylic acids is 1. The van der Waals surface area contributed by atoms with Gasteiger partial charge in [0.2, 0.25) is 5.91 Å². The normalized spacial score (nSPS) is 10.7. The van der Waals surface area contributed by atoms with Crippen molar-refractivity contribution in [3.05, 3.63) is 65.7 Å². The Balaban J connectivity index is 2.08. The lowest BCUT2D eigenvalue weighted by Crippen LogP contribution is -2.35. The molecule has 1 aromatic heterocycles. The predicted octanol–water partition coefficient (Wildman–Crippen LogP) is 3.45. The summed E-state index contributed by atoms with van der Waals surface area (Å²) < 4.78 is 13.7. The largest absolute Gasteiger partial charge is 0.338 e. The Morgan fingerprint density at radius 1 is 1.23 bits per heavy atom. The molecule has 116 valence electrons. The lowest BCUT2D eigenvalue weighted by molar-refractivity contribution is -0.135. The number of nitrogens with zero attached hydrogens (tertiary/aromatic N) is 2. The molecule has 22 heavy (non-hydrogen) atoms. The quantitative estimate of drug-likeness (QED) is 0.818. The van der Waals surface area contributed by atoms with Crippen molar-refractivity contribution in [3.8, 4) is 0 Å². The fourth-order valence-corrected chi connectivity index (χ4v) is 2.30. The van der Waals surface area contributed by atoms with Gasteiger partial charge in [0.05, 0.1) is 0 Å². The van der Waals surface area contributed by atoms with Crippen LogP contribution < -0.4 is 0 Å². The highest BCUT2D eigenvalue weighted by atomic mass is 19.1. The van der Waals surface area contributed by atoms with Gasteiger partial charge in [-0.2, -0.15) is 0 Å². The minimum absolute atomic E-state index is 0.0696. The molecule has 1 heterocycles. The van der Waals surface area contributed by atoms with E-state index in [1.165, 1.54) is 6.07 Å². The van der Waals surface area contributed by atoms with Crippen LogP contribution in [0.1, 0.15) is 25.0 Å². The molecule has 0 aliphatic carbocycles. The van der Waals surface area contributed by atoms with Gasteiger partial charge in [-0.15, -0.1) is 0 Å². The van der Waals surface area contributed by atoms with Gasteiger partial charge in [0.1, 0.15) is 5.82 Å². The zero-order valence-electron chi connectivity index (χ0n) is 13.0. The maximum atomic E-state index is 13.7. The summed E-state index contributed by atoms with van der Waals surface area (Å²) in [5.41, 5.74) is 1.61. The molecule has 0 spiro atoms. The molecule has 0 atom stereocenters. The van der Waals surface area contributed by atoms with Crippen LogP contribution in [0.5, 0.6) is 0 Å². The molecule has 0 fully saturated rings. The number of pyridine rings is 1. The van der Waals surface area contributed by atoms with Crippen molar-refractivity contribution < 1.29 is 9.18 Å². The Morgan fingerprint density at radius 3 is 2.64 bits per heavy atom. The molecule has 1 amide bonds. The topological polar surface area (TPSA) is 33.2 Å². The average Bonchev–Trinajstić information content (AvgIpc) is 2.53. The van der Waals surface area contributed by atoms with E-state index in [1.54, 1.807) is 29.4 Å². The summed E-state index contributed by atoms with van der Waals surface area (Å²) in [6.45, 7) is 4.75. The average molecular weight is 300 g/mol. The first-order valence-electron chi connectivity index (χ1n) is 7.49. The molecular weight excluding hydrogens is 279 g/mol. The van der Waals surface area contributed by atoms with E-state index < -0.39 is 0 Å². The van der Waals surface area contributed by atoms with Crippen molar-refractivity contribution in [2.45, 2.75) is 26.8 Å². The van der Waals surface area contributed by atoms with Crippen LogP contribution in [0.2, 0.25) is 0 Å². The second kappa shape index (κ2) is 7.69. The first-order chi connectivity index (χ1) is 10.6. The number of rotatable bonds is 6. The standard InChI is InChI=1S/C18H21FN2O/c1-14(2)18(22)21(13-15-6-5-10-20-12-15)11-9-16-7-3-4-8-17(16)19/h3-8,10,12,14H,9,11,13H2,1-2H3. The first-order valence-corrected chi connectivity index (χ1v) is 7.49. The van der Waals surface area contributed by atoms with E-state index in [0.717, 1.165) is 5.56 Å². The summed E-state index contributed by atoms with van der Waals surface area (Å²) in [6, 6.07) is 10.5. The maximum absolute atomic E-state index is 13.7. The zero-order valence-corrected chi connectivity index (χ0v) is 13.0. The van der Waals surface area contributed by atoms with Crippen molar-refractivity contribution >= 4 is 5.91 Å². The molecule has 0 radical (unpaired) electrons. The van der Waals surface area contributed by atoms with Crippen LogP contribution >= 0.6 is 0 Å². The van der Waals surface area contributed by atoms with E-state index in [4.69, 9.17) is 0 Å². The third-order valence-electron chi connectivity index (χ3n) is 3.51. The van der Waals surface area contributed by atoms with Gasteiger partial charge >= 0.3 is 0 Å². The van der Waals surface area contributed by atoms with Gasteiger partial charge in [-0.25, -0.2) is 4.39 Å². The number of hydrogen-bond donors (Lipinski definition) is 0. The van der Waals surface area contributed by atoms with Crippen molar-refractivity contribution in [1.29, 1.82) is 0 Å². The monoisotopic (exact) mass is 300 g/mol. The molecule has 0 aliphatic heterocycles. The molecule has 0 N–H and O–H groups in total. The number of amides is 1. The number of carbonyl (C=O) groups is 1. The van der Waals surface area contributed by atoms with Crippen LogP contribution in [0.15, 0.2) is 48.8 Å². The number of halogens is 1. The molecule has 2 rings (SSSR count). The van der Waals surface area contributed by atoms with Crippen LogP contribution in [0.3, 0.4) is 0 Å². The van der Waals surface area contributed by atoms with Crippen LogP contribution in [0, 0.1) is 11.7 Å². The third kappa shape index (κ3) is 4.38. The summed E-state index contributed by atoms with van der Waals surface area (Å²) in [6.07, 6.45) is 3.96. The lowest BCUT2D eigenvalue weighted by atomic mass is 10.1. The minimum Gasteiger partial charge on any atom is -0.338 e. The second-order valence-corrected chi connectivity index (χ2v) is 5.62. The molecule has 4 heteroatoms. The summed E-state index contributed by atoms with van der Waals surface area (Å²) in [5, 5.41) is 0. The van der Waals surface area contributed by atoms with Gasteiger partial charge in [-0.3, -0.25) is 9.78 Å². The van der Waals surface area contributed by atoms with E-state index in [9.17, 15) is 9.18 Å². The molecular formula is C18H21FN2O. The van der Waals surface area contributed by atoms with Crippen LogP contribution in [0.4, 0.5) is 4.39 Å². The number of benzene rings is 1. The van der Waals surface area contributed by atoms with E-state index in [2.05, 4.69) is 4.98 Å². The molecule has 0 bridgehead atoms. The van der Waals surface area contributed by atoms with Gasteiger partial charge in [-0.05, 0) is 29.7 Å². The SMILES string of the molecule is CC(C)C(=O)N(CCc1ccccc1F)Cc1cccnc1. The van der Waals surface area contributed by atoms with Crippen molar-refractivity contribution in [3.63, 3.8) is 0 Å². The van der Waals surface area contributed by atoms with E-state index in [-0.39, 0.29) is 17.6 Å². The number of hydrogen-bond acceptors (Lipinski definition) is 2. The maximum Gasteiger partial charge on any atom is 0.225 e. The van der Waals surface area contributed by atoms with Crippen LogP contribution in [-0.2, 0) is 17.8 Å². The van der Waals surface area contributed by atoms with E-state index in [1.807, 2.05) is 32.0 Å². The van der Waals surface area contributed by atoms with Crippen molar-refractivity contribution in [1.82, 2.24) is 9.88 Å². The third-order valence-corrected chi connectivity index (χ3v) is 3.51.